The van der Waals surface area contributed by atoms with Crippen molar-refractivity contribution in [3.8, 4) is 11.3 Å². The van der Waals surface area contributed by atoms with E-state index in [0.717, 1.165) is 52.2 Å². The number of hydrogen-bond donors (Lipinski definition) is 1. The smallest absolute Gasteiger partial charge is 0.229 e. The summed E-state index contributed by atoms with van der Waals surface area (Å²) in [5.74, 6) is 2.73. The average Bonchev–Trinajstić information content (AvgIpc) is 3.07. The van der Waals surface area contributed by atoms with E-state index in [4.69, 9.17) is 4.98 Å². The van der Waals surface area contributed by atoms with Gasteiger partial charge in [0.2, 0.25) is 5.91 Å². The molecule has 28 heavy (non-hydrogen) atoms. The molecule has 3 aromatic heterocycles. The standard InChI is InChI=1S/C22H22N4OS/c1-22-10-14-8-13(9-15(11-22)18(14)22)19(27)26-21-25-17-3-2-16(24-20(17)28-21)12-4-6-23-7-5-12/h2-7,13-15,18H,8-11H2,1H3,(H,25,26,27). The van der Waals surface area contributed by atoms with Gasteiger partial charge in [-0.1, -0.05) is 18.3 Å². The van der Waals surface area contributed by atoms with Gasteiger partial charge < -0.3 is 5.32 Å². The molecule has 2 unspecified atom stereocenters. The first kappa shape index (κ1) is 16.6. The van der Waals surface area contributed by atoms with Gasteiger partial charge in [0.25, 0.3) is 0 Å². The Morgan fingerprint density at radius 3 is 2.57 bits per heavy atom. The highest BCUT2D eigenvalue weighted by Gasteiger charge is 2.64. The summed E-state index contributed by atoms with van der Waals surface area (Å²) in [6, 6.07) is 7.83. The van der Waals surface area contributed by atoms with Crippen molar-refractivity contribution in [2.75, 3.05) is 5.32 Å². The highest BCUT2D eigenvalue weighted by molar-refractivity contribution is 7.22. The first-order valence-corrected chi connectivity index (χ1v) is 10.9. The molecular weight excluding hydrogens is 368 g/mol. The van der Waals surface area contributed by atoms with Crippen molar-refractivity contribution in [1.82, 2.24) is 15.0 Å². The van der Waals surface area contributed by atoms with Crippen LogP contribution in [0.2, 0.25) is 0 Å². The summed E-state index contributed by atoms with van der Waals surface area (Å²) >= 11 is 1.45. The third kappa shape index (κ3) is 2.43. The van der Waals surface area contributed by atoms with Crippen LogP contribution in [0.3, 0.4) is 0 Å². The van der Waals surface area contributed by atoms with Crippen LogP contribution >= 0.6 is 11.3 Å². The molecule has 0 spiro atoms. The van der Waals surface area contributed by atoms with Gasteiger partial charge in [0.15, 0.2) is 5.13 Å². The number of rotatable bonds is 3. The fourth-order valence-corrected chi connectivity index (χ4v) is 7.11. The Hall–Kier alpha value is -2.34. The number of amides is 1. The lowest BCUT2D eigenvalue weighted by Gasteiger charge is -2.70. The third-order valence-corrected chi connectivity index (χ3v) is 8.17. The fraction of sp³-hybridized carbons (Fsp3) is 0.455. The maximum Gasteiger partial charge on any atom is 0.229 e. The lowest BCUT2D eigenvalue weighted by atomic mass is 9.35. The molecule has 0 saturated heterocycles. The first-order valence-electron chi connectivity index (χ1n) is 10.1. The normalized spacial score (nSPS) is 32.9. The molecule has 3 aliphatic rings. The van der Waals surface area contributed by atoms with E-state index in [-0.39, 0.29) is 11.8 Å². The van der Waals surface area contributed by atoms with Gasteiger partial charge in [0.05, 0.1) is 5.69 Å². The molecule has 3 aliphatic carbocycles. The Labute approximate surface area is 167 Å². The lowest BCUT2D eigenvalue weighted by molar-refractivity contribution is -0.207. The number of pyridine rings is 2. The molecule has 3 fully saturated rings. The van der Waals surface area contributed by atoms with E-state index in [1.807, 2.05) is 24.3 Å². The van der Waals surface area contributed by atoms with Crippen molar-refractivity contribution in [2.24, 2.45) is 29.1 Å². The van der Waals surface area contributed by atoms with Crippen LogP contribution in [0.4, 0.5) is 5.13 Å². The number of carbonyl (C=O) groups excluding carboxylic acids is 1. The Morgan fingerprint density at radius 2 is 1.86 bits per heavy atom. The number of thiazole rings is 1. The van der Waals surface area contributed by atoms with Crippen LogP contribution in [0.15, 0.2) is 36.7 Å². The maximum absolute atomic E-state index is 12.9. The van der Waals surface area contributed by atoms with E-state index in [2.05, 4.69) is 22.2 Å². The highest BCUT2D eigenvalue weighted by Crippen LogP contribution is 2.71. The number of nitrogens with zero attached hydrogens (tertiary/aromatic N) is 3. The molecule has 142 valence electrons. The second-order valence-electron chi connectivity index (χ2n) is 9.04. The molecule has 3 aromatic rings. The van der Waals surface area contributed by atoms with Gasteiger partial charge in [-0.3, -0.25) is 9.78 Å². The van der Waals surface area contributed by atoms with Crippen molar-refractivity contribution in [3.63, 3.8) is 0 Å². The Bertz CT molecular complexity index is 1060. The summed E-state index contributed by atoms with van der Waals surface area (Å²) < 4.78 is 0. The average molecular weight is 391 g/mol. The summed E-state index contributed by atoms with van der Waals surface area (Å²) in [6.45, 7) is 2.43. The summed E-state index contributed by atoms with van der Waals surface area (Å²) in [5, 5.41) is 3.75. The zero-order chi connectivity index (χ0) is 18.9. The van der Waals surface area contributed by atoms with Crippen molar-refractivity contribution < 1.29 is 4.79 Å². The van der Waals surface area contributed by atoms with Gasteiger partial charge in [0.1, 0.15) is 10.3 Å². The Morgan fingerprint density at radius 1 is 1.11 bits per heavy atom. The monoisotopic (exact) mass is 390 g/mol. The molecule has 6 rings (SSSR count). The van der Waals surface area contributed by atoms with Crippen LogP contribution < -0.4 is 5.32 Å². The van der Waals surface area contributed by atoms with Crippen molar-refractivity contribution in [2.45, 2.75) is 32.6 Å². The number of nitrogens with one attached hydrogen (secondary N) is 1. The molecule has 0 radical (unpaired) electrons. The van der Waals surface area contributed by atoms with Crippen LogP contribution in [0.25, 0.3) is 21.6 Å². The van der Waals surface area contributed by atoms with Gasteiger partial charge in [-0.05, 0) is 73.1 Å². The maximum atomic E-state index is 12.9. The van der Waals surface area contributed by atoms with Crippen LogP contribution in [0.1, 0.15) is 32.6 Å². The molecule has 0 bridgehead atoms. The Kier molecular flexibility index (Phi) is 3.46. The number of carbonyl (C=O) groups is 1. The van der Waals surface area contributed by atoms with Gasteiger partial charge >= 0.3 is 0 Å². The minimum atomic E-state index is 0.142. The lowest BCUT2D eigenvalue weighted by Crippen LogP contribution is -2.63. The predicted molar refractivity (Wildman–Crippen MR) is 110 cm³/mol. The van der Waals surface area contributed by atoms with Crippen LogP contribution in [-0.2, 0) is 4.79 Å². The van der Waals surface area contributed by atoms with E-state index in [9.17, 15) is 4.79 Å². The first-order chi connectivity index (χ1) is 13.6. The van der Waals surface area contributed by atoms with Gasteiger partial charge in [0, 0.05) is 23.9 Å². The SMILES string of the molecule is CC12CC3CC(C(=O)Nc4nc5ccc(-c6ccncc6)nc5s4)CC(C1)C32. The van der Waals surface area contributed by atoms with E-state index >= 15 is 0 Å². The second kappa shape index (κ2) is 5.83. The van der Waals surface area contributed by atoms with E-state index in [0.29, 0.717) is 10.5 Å². The summed E-state index contributed by atoms with van der Waals surface area (Å²) in [7, 11) is 0. The molecule has 6 heteroatoms. The van der Waals surface area contributed by atoms with Crippen molar-refractivity contribution in [1.29, 1.82) is 0 Å². The van der Waals surface area contributed by atoms with E-state index < -0.39 is 0 Å². The molecular formula is C22H22N4OS. The molecule has 2 atom stereocenters. The quantitative estimate of drug-likeness (QED) is 0.700. The molecule has 1 N–H and O–H groups in total. The number of hydrogen-bond acceptors (Lipinski definition) is 5. The zero-order valence-corrected chi connectivity index (χ0v) is 16.6. The Balaban J connectivity index is 1.19. The highest BCUT2D eigenvalue weighted by atomic mass is 32.1. The largest absolute Gasteiger partial charge is 0.302 e. The number of fused-ring (bicyclic) bond motifs is 1. The van der Waals surface area contributed by atoms with Gasteiger partial charge in [-0.2, -0.15) is 0 Å². The van der Waals surface area contributed by atoms with Gasteiger partial charge in [-0.25, -0.2) is 9.97 Å². The zero-order valence-electron chi connectivity index (χ0n) is 15.8. The molecule has 3 saturated carbocycles. The number of aromatic nitrogens is 3. The predicted octanol–water partition coefficient (Wildman–Crippen LogP) is 4.76. The van der Waals surface area contributed by atoms with Crippen LogP contribution in [0.5, 0.6) is 0 Å². The minimum Gasteiger partial charge on any atom is -0.302 e. The molecule has 0 aromatic carbocycles. The third-order valence-electron chi connectivity index (χ3n) is 7.28. The van der Waals surface area contributed by atoms with Crippen LogP contribution in [-0.4, -0.2) is 20.9 Å². The topological polar surface area (TPSA) is 67.8 Å². The number of anilines is 1. The minimum absolute atomic E-state index is 0.142. The molecule has 1 amide bonds. The summed E-state index contributed by atoms with van der Waals surface area (Å²) in [4.78, 5) is 27.1. The van der Waals surface area contributed by atoms with E-state index in [1.165, 1.54) is 24.2 Å². The fourth-order valence-electron chi connectivity index (χ4n) is 6.27. The van der Waals surface area contributed by atoms with E-state index in [1.54, 1.807) is 12.4 Å². The second-order valence-corrected chi connectivity index (χ2v) is 10.0. The molecule has 0 aliphatic heterocycles. The van der Waals surface area contributed by atoms with Gasteiger partial charge in [-0.15, -0.1) is 0 Å². The summed E-state index contributed by atoms with van der Waals surface area (Å²) in [5.41, 5.74) is 3.37. The van der Waals surface area contributed by atoms with Crippen molar-refractivity contribution >= 4 is 32.7 Å². The van der Waals surface area contributed by atoms with Crippen molar-refractivity contribution in [3.05, 3.63) is 36.7 Å². The molecule has 3 heterocycles. The van der Waals surface area contributed by atoms with Crippen LogP contribution in [0, 0.1) is 29.1 Å². The summed E-state index contributed by atoms with van der Waals surface area (Å²) in [6.07, 6.45) is 8.28. The molecule has 5 nitrogen and oxygen atoms in total.